The third kappa shape index (κ3) is 5.00. The van der Waals surface area contributed by atoms with Gasteiger partial charge in [0.25, 0.3) is 9.05 Å². The molecule has 2 aromatic carbocycles. The first-order valence-electron chi connectivity index (χ1n) is 6.09. The highest BCUT2D eigenvalue weighted by atomic mass is 35.7. The fraction of sp³-hybridized carbons (Fsp3) is 0.0714. The molecule has 0 spiro atoms. The number of hydrogen-bond acceptors (Lipinski definition) is 3. The van der Waals surface area contributed by atoms with Gasteiger partial charge in [-0.3, -0.25) is 0 Å². The van der Waals surface area contributed by atoms with Crippen molar-refractivity contribution in [2.24, 2.45) is 0 Å². The van der Waals surface area contributed by atoms with E-state index in [2.05, 4.69) is 10.6 Å². The molecule has 2 rings (SSSR count). The molecule has 0 aromatic heterocycles. The number of nitrogens with one attached hydrogen (secondary N) is 2. The fourth-order valence-corrected chi connectivity index (χ4v) is 2.61. The quantitative estimate of drug-likeness (QED) is 0.661. The number of hydrogen-bond donors (Lipinski definition) is 2. The maximum Gasteiger partial charge on any atom is 0.261 e. The molecule has 4 nitrogen and oxygen atoms in total. The maximum absolute atomic E-state index is 11.1. The van der Waals surface area contributed by atoms with Gasteiger partial charge in [0.2, 0.25) is 0 Å². The summed E-state index contributed by atoms with van der Waals surface area (Å²) in [4.78, 5) is 0.0536. The summed E-state index contributed by atoms with van der Waals surface area (Å²) in [6.07, 6.45) is 0. The van der Waals surface area contributed by atoms with Gasteiger partial charge in [0.05, 0.1) is 4.90 Å². The number of thiocarbonyl (C=S) groups is 1. The monoisotopic (exact) mass is 340 g/mol. The van der Waals surface area contributed by atoms with E-state index in [0.29, 0.717) is 17.3 Å². The fourth-order valence-electron chi connectivity index (χ4n) is 1.65. The first-order valence-corrected chi connectivity index (χ1v) is 8.80. The Kier molecular flexibility index (Phi) is 5.17. The molecule has 0 heterocycles. The molecule has 2 N–H and O–H groups in total. The third-order valence-corrected chi connectivity index (χ3v) is 4.31. The zero-order valence-corrected chi connectivity index (χ0v) is 13.3. The Morgan fingerprint density at radius 3 is 2.24 bits per heavy atom. The van der Waals surface area contributed by atoms with E-state index in [-0.39, 0.29) is 4.90 Å². The lowest BCUT2D eigenvalue weighted by atomic mass is 10.2. The number of rotatable bonds is 4. The smallest absolute Gasteiger partial charge is 0.261 e. The van der Waals surface area contributed by atoms with Crippen LogP contribution in [0.5, 0.6) is 0 Å². The Hall–Kier alpha value is -1.63. The number of anilines is 1. The van der Waals surface area contributed by atoms with E-state index in [1.807, 2.05) is 30.3 Å². The minimum atomic E-state index is -3.70. The van der Waals surface area contributed by atoms with Gasteiger partial charge in [0.15, 0.2) is 5.11 Å². The Morgan fingerprint density at radius 1 is 1.05 bits per heavy atom. The second-order valence-electron chi connectivity index (χ2n) is 4.26. The summed E-state index contributed by atoms with van der Waals surface area (Å²) < 4.78 is 22.3. The van der Waals surface area contributed by atoms with Gasteiger partial charge in [0.1, 0.15) is 0 Å². The van der Waals surface area contributed by atoms with Crippen molar-refractivity contribution in [2.75, 3.05) is 5.32 Å². The molecule has 2 aromatic rings. The van der Waals surface area contributed by atoms with Gasteiger partial charge in [-0.1, -0.05) is 30.3 Å². The van der Waals surface area contributed by atoms with Crippen LogP contribution in [-0.2, 0) is 15.6 Å². The highest BCUT2D eigenvalue weighted by Crippen LogP contribution is 2.17. The van der Waals surface area contributed by atoms with E-state index in [4.69, 9.17) is 22.9 Å². The van der Waals surface area contributed by atoms with Crippen LogP contribution in [0.25, 0.3) is 0 Å². The Balaban J connectivity index is 1.91. The highest BCUT2D eigenvalue weighted by molar-refractivity contribution is 8.13. The molecule has 0 radical (unpaired) electrons. The van der Waals surface area contributed by atoms with Gasteiger partial charge in [0, 0.05) is 22.9 Å². The first kappa shape index (κ1) is 15.8. The topological polar surface area (TPSA) is 58.2 Å². The molecule has 0 aliphatic carbocycles. The summed E-state index contributed by atoms with van der Waals surface area (Å²) >= 11 is 5.17. The van der Waals surface area contributed by atoms with Crippen LogP contribution in [-0.4, -0.2) is 13.5 Å². The van der Waals surface area contributed by atoms with E-state index in [0.717, 1.165) is 5.56 Å². The van der Waals surface area contributed by atoms with Gasteiger partial charge in [-0.05, 0) is 42.0 Å². The average molecular weight is 341 g/mol. The summed E-state index contributed by atoms with van der Waals surface area (Å²) in [6, 6.07) is 15.9. The average Bonchev–Trinajstić information content (AvgIpc) is 2.46. The Morgan fingerprint density at radius 2 is 1.67 bits per heavy atom. The summed E-state index contributed by atoms with van der Waals surface area (Å²) in [6.45, 7) is 0.612. The number of halogens is 1. The van der Waals surface area contributed by atoms with Gasteiger partial charge in [-0.25, -0.2) is 8.42 Å². The van der Waals surface area contributed by atoms with E-state index >= 15 is 0 Å². The lowest BCUT2D eigenvalue weighted by molar-refractivity contribution is 0.609. The molecule has 110 valence electrons. The van der Waals surface area contributed by atoms with Crippen LogP contribution in [0.3, 0.4) is 0 Å². The van der Waals surface area contributed by atoms with Crippen molar-refractivity contribution in [1.82, 2.24) is 5.32 Å². The van der Waals surface area contributed by atoms with Crippen LogP contribution in [0, 0.1) is 0 Å². The largest absolute Gasteiger partial charge is 0.358 e. The molecule has 0 saturated heterocycles. The van der Waals surface area contributed by atoms with Crippen molar-refractivity contribution < 1.29 is 8.42 Å². The van der Waals surface area contributed by atoms with Gasteiger partial charge >= 0.3 is 0 Å². The van der Waals surface area contributed by atoms with Gasteiger partial charge < -0.3 is 10.6 Å². The highest BCUT2D eigenvalue weighted by Gasteiger charge is 2.09. The van der Waals surface area contributed by atoms with Gasteiger partial charge in [-0.15, -0.1) is 0 Å². The minimum Gasteiger partial charge on any atom is -0.358 e. The van der Waals surface area contributed by atoms with Crippen LogP contribution in [0.1, 0.15) is 5.56 Å². The van der Waals surface area contributed by atoms with Crippen molar-refractivity contribution in [3.8, 4) is 0 Å². The standard InChI is InChI=1S/C14H13ClN2O2S2/c15-21(18,19)13-8-6-12(7-9-13)17-14(20)16-10-11-4-2-1-3-5-11/h1-9H,10H2,(H2,16,17,20). The van der Waals surface area contributed by atoms with Crippen molar-refractivity contribution in [3.63, 3.8) is 0 Å². The molecule has 0 amide bonds. The molecular formula is C14H13ClN2O2S2. The van der Waals surface area contributed by atoms with Crippen LogP contribution in [0.4, 0.5) is 5.69 Å². The summed E-state index contributed by atoms with van der Waals surface area (Å²) in [7, 11) is 1.55. The predicted octanol–water partition coefficient (Wildman–Crippen LogP) is 3.10. The molecular weight excluding hydrogens is 328 g/mol. The third-order valence-electron chi connectivity index (χ3n) is 2.69. The zero-order valence-electron chi connectivity index (χ0n) is 10.9. The van der Waals surface area contributed by atoms with E-state index < -0.39 is 9.05 Å². The molecule has 7 heteroatoms. The molecule has 0 aliphatic rings. The lowest BCUT2D eigenvalue weighted by Gasteiger charge is -2.10. The molecule has 21 heavy (non-hydrogen) atoms. The summed E-state index contributed by atoms with van der Waals surface area (Å²) in [5, 5.41) is 6.50. The van der Waals surface area contributed by atoms with Crippen LogP contribution in [0.15, 0.2) is 59.5 Å². The van der Waals surface area contributed by atoms with Crippen molar-refractivity contribution in [3.05, 3.63) is 60.2 Å². The van der Waals surface area contributed by atoms with Crippen LogP contribution in [0.2, 0.25) is 0 Å². The molecule has 0 unspecified atom stereocenters. The lowest BCUT2D eigenvalue weighted by Crippen LogP contribution is -2.27. The zero-order chi connectivity index (χ0) is 15.3. The number of benzene rings is 2. The van der Waals surface area contributed by atoms with Gasteiger partial charge in [-0.2, -0.15) is 0 Å². The normalized spacial score (nSPS) is 10.9. The minimum absolute atomic E-state index is 0.0536. The molecule has 0 saturated carbocycles. The molecule has 0 atom stereocenters. The molecule has 0 aliphatic heterocycles. The molecule has 0 bridgehead atoms. The Bertz CT molecular complexity index is 716. The first-order chi connectivity index (χ1) is 9.95. The summed E-state index contributed by atoms with van der Waals surface area (Å²) in [5.41, 5.74) is 1.80. The van der Waals surface area contributed by atoms with Crippen molar-refractivity contribution in [1.29, 1.82) is 0 Å². The van der Waals surface area contributed by atoms with Crippen LogP contribution >= 0.6 is 22.9 Å². The summed E-state index contributed by atoms with van der Waals surface area (Å²) in [5.74, 6) is 0. The predicted molar refractivity (Wildman–Crippen MR) is 89.0 cm³/mol. The second kappa shape index (κ2) is 6.89. The van der Waals surface area contributed by atoms with Crippen LogP contribution < -0.4 is 10.6 Å². The van der Waals surface area contributed by atoms with E-state index in [9.17, 15) is 8.42 Å². The molecule has 0 fully saturated rings. The second-order valence-corrected chi connectivity index (χ2v) is 7.23. The SMILES string of the molecule is O=S(=O)(Cl)c1ccc(NC(=S)NCc2ccccc2)cc1. The van der Waals surface area contributed by atoms with E-state index in [1.165, 1.54) is 12.1 Å². The Labute approximate surface area is 133 Å². The maximum atomic E-state index is 11.1. The van der Waals surface area contributed by atoms with E-state index in [1.54, 1.807) is 12.1 Å². The van der Waals surface area contributed by atoms with Crippen molar-refractivity contribution >= 4 is 42.8 Å². The van der Waals surface area contributed by atoms with Crippen molar-refractivity contribution in [2.45, 2.75) is 11.4 Å².